The van der Waals surface area contributed by atoms with E-state index in [2.05, 4.69) is 21.9 Å². The molecular weight excluding hydrogens is 164 g/mol. The van der Waals surface area contributed by atoms with Gasteiger partial charge in [0.25, 0.3) is 0 Å². The lowest BCUT2D eigenvalue weighted by atomic mass is 10.4. The normalized spacial score (nSPS) is 10.5. The van der Waals surface area contributed by atoms with Crippen molar-refractivity contribution in [1.29, 1.82) is 0 Å². The largest absolute Gasteiger partial charge is 0.356 e. The summed E-state index contributed by atoms with van der Waals surface area (Å²) in [5.41, 5.74) is 1.95. The molecule has 0 aliphatic carbocycles. The van der Waals surface area contributed by atoms with E-state index in [0.29, 0.717) is 0 Å². The van der Waals surface area contributed by atoms with Gasteiger partial charge < -0.3 is 10.2 Å². The summed E-state index contributed by atoms with van der Waals surface area (Å²) < 4.78 is 1.76. The van der Waals surface area contributed by atoms with Crippen LogP contribution < -0.4 is 5.32 Å². The number of nitrogens with zero attached hydrogens (tertiary/aromatic N) is 3. The maximum Gasteiger partial charge on any atom is 0.0768 e. The Hall–Kier alpha value is -1.29. The molecule has 1 N–H and O–H groups in total. The average Bonchev–Trinajstić information content (AvgIpc) is 2.33. The summed E-state index contributed by atoms with van der Waals surface area (Å²) in [6.45, 7) is 4.74. The van der Waals surface area contributed by atoms with E-state index in [4.69, 9.17) is 0 Å². The second kappa shape index (κ2) is 4.09. The van der Waals surface area contributed by atoms with Gasteiger partial charge >= 0.3 is 0 Å². The van der Waals surface area contributed by atoms with Crippen LogP contribution in [-0.2, 0) is 7.05 Å². The predicted molar refractivity (Wildman–Crippen MR) is 54.5 cm³/mol. The van der Waals surface area contributed by atoms with Crippen LogP contribution in [0.4, 0.5) is 5.69 Å². The van der Waals surface area contributed by atoms with Gasteiger partial charge in [-0.25, -0.2) is 0 Å². The number of anilines is 1. The second-order valence-corrected chi connectivity index (χ2v) is 3.37. The third-order valence-corrected chi connectivity index (χ3v) is 1.53. The Bertz CT molecular complexity index is 288. The molecule has 1 aromatic heterocycles. The average molecular weight is 180 g/mol. The van der Waals surface area contributed by atoms with Crippen LogP contribution in [-0.4, -0.2) is 35.3 Å². The Morgan fingerprint density at radius 2 is 2.38 bits per heavy atom. The van der Waals surface area contributed by atoms with Gasteiger partial charge in [0.15, 0.2) is 0 Å². The van der Waals surface area contributed by atoms with Gasteiger partial charge in [0.1, 0.15) is 0 Å². The van der Waals surface area contributed by atoms with Crippen molar-refractivity contribution in [3.63, 3.8) is 0 Å². The van der Waals surface area contributed by atoms with Gasteiger partial charge in [0.05, 0.1) is 11.9 Å². The van der Waals surface area contributed by atoms with E-state index in [0.717, 1.165) is 17.9 Å². The molecule has 0 atom stereocenters. The second-order valence-electron chi connectivity index (χ2n) is 3.37. The molecule has 1 rings (SSSR count). The topological polar surface area (TPSA) is 33.1 Å². The summed E-state index contributed by atoms with van der Waals surface area (Å²) in [5.74, 6) is 0. The predicted octanol–water partition coefficient (Wildman–Crippen LogP) is 0.907. The number of aromatic nitrogens is 2. The first-order valence-corrected chi connectivity index (χ1v) is 4.16. The fraction of sp³-hybridized carbons (Fsp3) is 0.444. The van der Waals surface area contributed by atoms with Crippen LogP contribution in [0.1, 0.15) is 0 Å². The van der Waals surface area contributed by atoms with Crippen LogP contribution in [0.2, 0.25) is 0 Å². The van der Waals surface area contributed by atoms with E-state index < -0.39 is 0 Å². The lowest BCUT2D eigenvalue weighted by molar-refractivity contribution is 0.447. The zero-order valence-electron chi connectivity index (χ0n) is 8.41. The van der Waals surface area contributed by atoms with Crippen LogP contribution in [0.25, 0.3) is 0 Å². The minimum absolute atomic E-state index is 0.828. The van der Waals surface area contributed by atoms with Crippen molar-refractivity contribution in [2.45, 2.75) is 0 Å². The maximum atomic E-state index is 4.05. The molecule has 0 radical (unpaired) electrons. The SMILES string of the molecule is C=C(CN(C)C)Nc1cnn(C)c1. The lowest BCUT2D eigenvalue weighted by Gasteiger charge is -2.12. The Labute approximate surface area is 78.8 Å². The highest BCUT2D eigenvalue weighted by atomic mass is 15.3. The minimum atomic E-state index is 0.828. The first-order valence-electron chi connectivity index (χ1n) is 4.16. The number of rotatable bonds is 4. The van der Waals surface area contributed by atoms with Gasteiger partial charge in [-0.2, -0.15) is 5.10 Å². The summed E-state index contributed by atoms with van der Waals surface area (Å²) in [6.07, 6.45) is 3.70. The molecule has 0 spiro atoms. The van der Waals surface area contributed by atoms with Crippen molar-refractivity contribution in [3.05, 3.63) is 24.7 Å². The molecule has 72 valence electrons. The standard InChI is InChI=1S/C9H16N4/c1-8(6-12(2)3)11-9-5-10-13(4)7-9/h5,7,11H,1,6H2,2-4H3. The molecule has 0 unspecified atom stereocenters. The monoisotopic (exact) mass is 180 g/mol. The number of hydrogen-bond acceptors (Lipinski definition) is 3. The molecule has 4 heteroatoms. The Kier molecular flexibility index (Phi) is 3.08. The molecule has 0 aliphatic rings. The number of aryl methyl sites for hydroxylation is 1. The van der Waals surface area contributed by atoms with E-state index in [1.165, 1.54) is 0 Å². The molecule has 13 heavy (non-hydrogen) atoms. The van der Waals surface area contributed by atoms with E-state index in [1.54, 1.807) is 10.9 Å². The van der Waals surface area contributed by atoms with Gasteiger partial charge in [0, 0.05) is 25.5 Å². The van der Waals surface area contributed by atoms with Gasteiger partial charge in [-0.15, -0.1) is 0 Å². The van der Waals surface area contributed by atoms with Crippen LogP contribution in [0.3, 0.4) is 0 Å². The maximum absolute atomic E-state index is 4.05. The van der Waals surface area contributed by atoms with Gasteiger partial charge in [-0.05, 0) is 14.1 Å². The molecule has 0 saturated carbocycles. The third kappa shape index (κ3) is 3.29. The summed E-state index contributed by atoms with van der Waals surface area (Å²) >= 11 is 0. The molecule has 0 fully saturated rings. The fourth-order valence-electron chi connectivity index (χ4n) is 1.11. The first kappa shape index (κ1) is 9.80. The fourth-order valence-corrected chi connectivity index (χ4v) is 1.11. The molecule has 4 nitrogen and oxygen atoms in total. The van der Waals surface area contributed by atoms with Crippen LogP contribution in [0.15, 0.2) is 24.7 Å². The molecule has 0 aromatic carbocycles. The van der Waals surface area contributed by atoms with Crippen molar-refractivity contribution in [2.75, 3.05) is 26.0 Å². The molecule has 1 aromatic rings. The van der Waals surface area contributed by atoms with Crippen LogP contribution in [0.5, 0.6) is 0 Å². The van der Waals surface area contributed by atoms with Crippen molar-refractivity contribution < 1.29 is 0 Å². The third-order valence-electron chi connectivity index (χ3n) is 1.53. The molecule has 0 bridgehead atoms. The molecule has 1 heterocycles. The minimum Gasteiger partial charge on any atom is -0.356 e. The molecule has 0 aliphatic heterocycles. The summed E-state index contributed by atoms with van der Waals surface area (Å²) in [6, 6.07) is 0. The van der Waals surface area contributed by atoms with Gasteiger partial charge in [-0.1, -0.05) is 6.58 Å². The molecule has 0 saturated heterocycles. The van der Waals surface area contributed by atoms with E-state index >= 15 is 0 Å². The van der Waals surface area contributed by atoms with Gasteiger partial charge in [0.2, 0.25) is 0 Å². The Morgan fingerprint density at radius 3 is 2.85 bits per heavy atom. The highest BCUT2D eigenvalue weighted by molar-refractivity contribution is 5.44. The Balaban J connectivity index is 2.45. The van der Waals surface area contributed by atoms with E-state index in [-0.39, 0.29) is 0 Å². The van der Waals surface area contributed by atoms with Crippen LogP contribution in [0, 0.1) is 0 Å². The molecule has 0 amide bonds. The van der Waals surface area contributed by atoms with Crippen molar-refractivity contribution >= 4 is 5.69 Å². The number of hydrogen-bond donors (Lipinski definition) is 1. The number of likely N-dealkylation sites (N-methyl/N-ethyl adjacent to an activating group) is 1. The van der Waals surface area contributed by atoms with Crippen molar-refractivity contribution in [2.24, 2.45) is 7.05 Å². The summed E-state index contributed by atoms with van der Waals surface area (Å²) in [5, 5.41) is 7.22. The zero-order chi connectivity index (χ0) is 9.84. The van der Waals surface area contributed by atoms with E-state index in [9.17, 15) is 0 Å². The van der Waals surface area contributed by atoms with Crippen molar-refractivity contribution in [1.82, 2.24) is 14.7 Å². The van der Waals surface area contributed by atoms with Crippen molar-refractivity contribution in [3.8, 4) is 0 Å². The van der Waals surface area contributed by atoms with Gasteiger partial charge in [-0.3, -0.25) is 4.68 Å². The van der Waals surface area contributed by atoms with Crippen LogP contribution >= 0.6 is 0 Å². The zero-order valence-corrected chi connectivity index (χ0v) is 8.41. The number of nitrogens with one attached hydrogen (secondary N) is 1. The lowest BCUT2D eigenvalue weighted by Crippen LogP contribution is -2.18. The first-order chi connectivity index (χ1) is 6.08. The van der Waals surface area contributed by atoms with E-state index in [1.807, 2.05) is 27.3 Å². The summed E-state index contributed by atoms with van der Waals surface area (Å²) in [4.78, 5) is 2.06. The quantitative estimate of drug-likeness (QED) is 0.747. The molecular formula is C9H16N4. The Morgan fingerprint density at radius 1 is 1.69 bits per heavy atom. The highest BCUT2D eigenvalue weighted by Gasteiger charge is 1.98. The summed E-state index contributed by atoms with van der Waals surface area (Å²) in [7, 11) is 5.91. The highest BCUT2D eigenvalue weighted by Crippen LogP contribution is 2.06. The smallest absolute Gasteiger partial charge is 0.0768 e.